The minimum atomic E-state index is 1.22. The monoisotopic (exact) mass is 264 g/mol. The van der Waals surface area contributed by atoms with Crippen LogP contribution in [0.3, 0.4) is 0 Å². The minimum Gasteiger partial charge on any atom is -0.201 e. The van der Waals surface area contributed by atoms with Crippen LogP contribution in [0.25, 0.3) is 6.08 Å². The molecule has 0 bridgehead atoms. The van der Waals surface area contributed by atoms with Crippen LogP contribution < -0.4 is 0 Å². The third kappa shape index (κ3) is 3.45. The van der Waals surface area contributed by atoms with E-state index in [0.29, 0.717) is 0 Å². The van der Waals surface area contributed by atoms with E-state index in [1.54, 1.807) is 0 Å². The molecule has 0 fully saturated rings. The molecule has 2 aromatic rings. The zero-order valence-electron chi connectivity index (χ0n) is 12.7. The lowest BCUT2D eigenvalue weighted by molar-refractivity contribution is -0.399. The standard InChI is InChI=1S/C19H22N/c1-15-10-12-18(13-11-15)9-6-14-20(4)19-16(2)7-5-8-17(19)3/h5-14H,1-4H3/q+1/b9-6+,20-14?. The van der Waals surface area contributed by atoms with Crippen molar-refractivity contribution >= 4 is 18.0 Å². The first-order chi connectivity index (χ1) is 9.58. The maximum absolute atomic E-state index is 2.18. The van der Waals surface area contributed by atoms with E-state index in [-0.39, 0.29) is 0 Å². The predicted octanol–water partition coefficient (Wildman–Crippen LogP) is 4.67. The van der Waals surface area contributed by atoms with Gasteiger partial charge in [-0.3, -0.25) is 0 Å². The van der Waals surface area contributed by atoms with Gasteiger partial charge in [-0.2, -0.15) is 0 Å². The molecule has 0 radical (unpaired) electrons. The van der Waals surface area contributed by atoms with Crippen molar-refractivity contribution in [2.75, 3.05) is 7.05 Å². The van der Waals surface area contributed by atoms with Gasteiger partial charge in [0.2, 0.25) is 5.69 Å². The lowest BCUT2D eigenvalue weighted by Gasteiger charge is -2.03. The molecule has 0 unspecified atom stereocenters. The average Bonchev–Trinajstić information content (AvgIpc) is 2.41. The van der Waals surface area contributed by atoms with Crippen molar-refractivity contribution < 1.29 is 4.58 Å². The van der Waals surface area contributed by atoms with Gasteiger partial charge >= 0.3 is 0 Å². The summed E-state index contributed by atoms with van der Waals surface area (Å²) in [6.07, 6.45) is 6.33. The quantitative estimate of drug-likeness (QED) is 0.560. The van der Waals surface area contributed by atoms with Gasteiger partial charge in [0.05, 0.1) is 0 Å². The Bertz CT molecular complexity index is 626. The van der Waals surface area contributed by atoms with Crippen LogP contribution in [0, 0.1) is 20.8 Å². The van der Waals surface area contributed by atoms with E-state index < -0.39 is 0 Å². The smallest absolute Gasteiger partial charge is 0.201 e. The fourth-order valence-electron chi connectivity index (χ4n) is 2.40. The molecule has 0 atom stereocenters. The second-order valence-electron chi connectivity index (χ2n) is 5.27. The first-order valence-electron chi connectivity index (χ1n) is 6.95. The Balaban J connectivity index is 2.21. The zero-order chi connectivity index (χ0) is 14.5. The topological polar surface area (TPSA) is 3.01 Å². The van der Waals surface area contributed by atoms with E-state index in [4.69, 9.17) is 0 Å². The van der Waals surface area contributed by atoms with Gasteiger partial charge in [-0.25, -0.2) is 4.58 Å². The van der Waals surface area contributed by atoms with E-state index in [9.17, 15) is 0 Å². The number of hydrogen-bond acceptors (Lipinski definition) is 0. The van der Waals surface area contributed by atoms with Crippen molar-refractivity contribution in [3.05, 3.63) is 70.8 Å². The molecule has 0 saturated heterocycles. The predicted molar refractivity (Wildman–Crippen MR) is 88.0 cm³/mol. The van der Waals surface area contributed by atoms with Gasteiger partial charge in [0.15, 0.2) is 6.21 Å². The Hall–Kier alpha value is -2.15. The summed E-state index contributed by atoms with van der Waals surface area (Å²) >= 11 is 0. The highest BCUT2D eigenvalue weighted by molar-refractivity contribution is 5.76. The summed E-state index contributed by atoms with van der Waals surface area (Å²) < 4.78 is 2.18. The number of para-hydroxylation sites is 1. The second kappa shape index (κ2) is 6.33. The highest BCUT2D eigenvalue weighted by Gasteiger charge is 2.09. The molecular formula is C19H22N+. The van der Waals surface area contributed by atoms with E-state index in [1.807, 2.05) is 0 Å². The molecule has 0 aromatic heterocycles. The van der Waals surface area contributed by atoms with Gasteiger partial charge in [-0.15, -0.1) is 0 Å². The van der Waals surface area contributed by atoms with Crippen molar-refractivity contribution in [1.29, 1.82) is 0 Å². The molecule has 2 rings (SSSR count). The highest BCUT2D eigenvalue weighted by Crippen LogP contribution is 2.21. The zero-order valence-corrected chi connectivity index (χ0v) is 12.7. The number of allylic oxidation sites excluding steroid dienone is 1. The molecule has 0 spiro atoms. The van der Waals surface area contributed by atoms with Crippen molar-refractivity contribution in [2.45, 2.75) is 20.8 Å². The van der Waals surface area contributed by atoms with Crippen LogP contribution in [-0.4, -0.2) is 17.8 Å². The van der Waals surface area contributed by atoms with E-state index in [1.165, 1.54) is 27.9 Å². The van der Waals surface area contributed by atoms with Gasteiger partial charge < -0.3 is 0 Å². The first-order valence-corrected chi connectivity index (χ1v) is 6.95. The molecule has 0 N–H and O–H groups in total. The van der Waals surface area contributed by atoms with E-state index in [2.05, 4.69) is 93.2 Å². The van der Waals surface area contributed by atoms with Crippen LogP contribution in [0.15, 0.2) is 48.5 Å². The van der Waals surface area contributed by atoms with Crippen LogP contribution in [0.4, 0.5) is 5.69 Å². The third-order valence-corrected chi connectivity index (χ3v) is 3.47. The maximum atomic E-state index is 2.18. The van der Waals surface area contributed by atoms with Crippen LogP contribution in [-0.2, 0) is 0 Å². The molecule has 0 aliphatic carbocycles. The molecule has 2 aromatic carbocycles. The van der Waals surface area contributed by atoms with Crippen LogP contribution in [0.2, 0.25) is 0 Å². The Morgan fingerprint density at radius 3 is 2.05 bits per heavy atom. The number of hydrogen-bond donors (Lipinski definition) is 0. The Morgan fingerprint density at radius 2 is 1.45 bits per heavy atom. The van der Waals surface area contributed by atoms with Crippen molar-refractivity contribution in [3.63, 3.8) is 0 Å². The molecule has 0 heterocycles. The lowest BCUT2D eigenvalue weighted by Crippen LogP contribution is -2.02. The van der Waals surface area contributed by atoms with E-state index in [0.717, 1.165) is 0 Å². The fourth-order valence-corrected chi connectivity index (χ4v) is 2.40. The number of nitrogens with zero attached hydrogens (tertiary/aromatic N) is 1. The second-order valence-corrected chi connectivity index (χ2v) is 5.27. The van der Waals surface area contributed by atoms with Crippen molar-refractivity contribution in [1.82, 2.24) is 0 Å². The molecule has 20 heavy (non-hydrogen) atoms. The molecule has 102 valence electrons. The summed E-state index contributed by atoms with van der Waals surface area (Å²) in [5, 5.41) is 0. The SMILES string of the molecule is Cc1ccc(/C=C/C=[N+](C)c2c(C)cccc2C)cc1. The van der Waals surface area contributed by atoms with Gasteiger partial charge in [-0.1, -0.05) is 48.0 Å². The van der Waals surface area contributed by atoms with Crippen LogP contribution in [0.1, 0.15) is 22.3 Å². The minimum absolute atomic E-state index is 1.22. The van der Waals surface area contributed by atoms with Crippen molar-refractivity contribution in [3.8, 4) is 0 Å². The number of benzene rings is 2. The number of rotatable bonds is 3. The van der Waals surface area contributed by atoms with Gasteiger partial charge in [0.25, 0.3) is 0 Å². The Morgan fingerprint density at radius 1 is 0.850 bits per heavy atom. The molecule has 1 nitrogen and oxygen atoms in total. The fraction of sp³-hybridized carbons (Fsp3) is 0.211. The maximum Gasteiger partial charge on any atom is 0.210 e. The van der Waals surface area contributed by atoms with E-state index >= 15 is 0 Å². The van der Waals surface area contributed by atoms with Gasteiger partial charge in [0, 0.05) is 17.2 Å². The summed E-state index contributed by atoms with van der Waals surface area (Å²) in [4.78, 5) is 0. The molecular weight excluding hydrogens is 242 g/mol. The largest absolute Gasteiger partial charge is 0.210 e. The van der Waals surface area contributed by atoms with Gasteiger partial charge in [-0.05, 0) is 32.4 Å². The highest BCUT2D eigenvalue weighted by atomic mass is 15.0. The molecule has 0 aliphatic rings. The first kappa shape index (κ1) is 14.3. The molecule has 1 heteroatoms. The third-order valence-electron chi connectivity index (χ3n) is 3.47. The summed E-state index contributed by atoms with van der Waals surface area (Å²) in [5.41, 5.74) is 6.39. The summed E-state index contributed by atoms with van der Waals surface area (Å²) in [6, 6.07) is 14.9. The Kier molecular flexibility index (Phi) is 4.52. The summed E-state index contributed by atoms with van der Waals surface area (Å²) in [7, 11) is 2.09. The Labute approximate surface area is 121 Å². The van der Waals surface area contributed by atoms with Crippen LogP contribution >= 0.6 is 0 Å². The van der Waals surface area contributed by atoms with Crippen LogP contribution in [0.5, 0.6) is 0 Å². The molecule has 0 amide bonds. The summed E-state index contributed by atoms with van der Waals surface area (Å²) in [6.45, 7) is 6.40. The average molecular weight is 264 g/mol. The normalized spacial score (nSPS) is 12.1. The number of aryl methyl sites for hydroxylation is 3. The lowest BCUT2D eigenvalue weighted by atomic mass is 10.1. The summed E-state index contributed by atoms with van der Waals surface area (Å²) in [5.74, 6) is 0. The van der Waals surface area contributed by atoms with Gasteiger partial charge in [0.1, 0.15) is 7.05 Å². The molecule has 0 aliphatic heterocycles. The van der Waals surface area contributed by atoms with Crippen molar-refractivity contribution in [2.24, 2.45) is 0 Å². The molecule has 0 saturated carbocycles.